The summed E-state index contributed by atoms with van der Waals surface area (Å²) in [4.78, 5) is 24.4. The first-order valence-electron chi connectivity index (χ1n) is 7.51. The number of hydrogen-bond acceptors (Lipinski definition) is 5. The van der Waals surface area contributed by atoms with Gasteiger partial charge in [-0.25, -0.2) is 0 Å². The third-order valence-electron chi connectivity index (χ3n) is 3.73. The van der Waals surface area contributed by atoms with Gasteiger partial charge in [0, 0.05) is 10.1 Å². The summed E-state index contributed by atoms with van der Waals surface area (Å²) < 4.78 is 36.3. The number of halogens is 1. The van der Waals surface area contributed by atoms with Crippen molar-refractivity contribution in [2.24, 2.45) is 5.92 Å². The second-order valence-electron chi connectivity index (χ2n) is 5.58. The van der Waals surface area contributed by atoms with Crippen LogP contribution in [0.1, 0.15) is 36.0 Å². The van der Waals surface area contributed by atoms with E-state index in [-0.39, 0.29) is 29.7 Å². The van der Waals surface area contributed by atoms with Crippen molar-refractivity contribution in [2.75, 3.05) is 12.3 Å². The molecule has 1 aliphatic rings. The number of rotatable bonds is 6. The molecule has 24 heavy (non-hydrogen) atoms. The number of carbonyl (C=O) groups is 2. The van der Waals surface area contributed by atoms with Gasteiger partial charge in [0.25, 0.3) is 16.0 Å². The van der Waals surface area contributed by atoms with E-state index >= 15 is 0 Å². The first-order chi connectivity index (χ1) is 11.3. The fourth-order valence-corrected chi connectivity index (χ4v) is 3.33. The number of carbonyl (C=O) groups excluding carboxylic acids is 2. The summed E-state index contributed by atoms with van der Waals surface area (Å²) in [5, 5.41) is 2.39. The lowest BCUT2D eigenvalue weighted by atomic mass is 10.1. The number of esters is 1. The Labute approximate surface area is 154 Å². The van der Waals surface area contributed by atoms with Gasteiger partial charge in [0.15, 0.2) is 0 Å². The predicted octanol–water partition coefficient (Wildman–Crippen LogP) is 2.00. The molecular weight excluding hydrogens is 449 g/mol. The van der Waals surface area contributed by atoms with E-state index in [0.29, 0.717) is 0 Å². The molecule has 0 heterocycles. The minimum absolute atomic E-state index is 0.140. The Morgan fingerprint density at radius 1 is 1.29 bits per heavy atom. The van der Waals surface area contributed by atoms with Crippen molar-refractivity contribution < 1.29 is 27.3 Å². The Balaban J connectivity index is 2.08. The van der Waals surface area contributed by atoms with E-state index in [1.807, 2.05) is 22.6 Å². The van der Waals surface area contributed by atoms with Crippen LogP contribution < -0.4 is 10.1 Å². The first-order valence-corrected chi connectivity index (χ1v) is 10.2. The molecule has 0 unspecified atom stereocenters. The van der Waals surface area contributed by atoms with Crippen LogP contribution in [-0.2, 0) is 14.9 Å². The number of benzene rings is 1. The zero-order valence-electron chi connectivity index (χ0n) is 12.8. The molecule has 7 nitrogen and oxygen atoms in total. The fraction of sp³-hybridized carbons (Fsp3) is 0.467. The molecule has 9 heteroatoms. The van der Waals surface area contributed by atoms with Gasteiger partial charge in [0.05, 0.1) is 17.2 Å². The van der Waals surface area contributed by atoms with E-state index < -0.39 is 21.8 Å². The Morgan fingerprint density at radius 2 is 1.96 bits per heavy atom. The first kappa shape index (κ1) is 19.1. The maximum absolute atomic E-state index is 12.2. The van der Waals surface area contributed by atoms with E-state index in [4.69, 9.17) is 9.29 Å². The average molecular weight is 467 g/mol. The minimum atomic E-state index is -4.15. The lowest BCUT2D eigenvalue weighted by Gasteiger charge is -2.13. The molecule has 1 aromatic rings. The molecule has 0 atom stereocenters. The van der Waals surface area contributed by atoms with Crippen molar-refractivity contribution in [3.63, 3.8) is 0 Å². The summed E-state index contributed by atoms with van der Waals surface area (Å²) in [5.41, 5.74) is 0.150. The smallest absolute Gasteiger partial charge is 0.314 e. The maximum Gasteiger partial charge on any atom is 0.314 e. The Kier molecular flexibility index (Phi) is 6.58. The molecule has 0 aromatic heterocycles. The van der Waals surface area contributed by atoms with Gasteiger partial charge in [-0.05, 0) is 53.6 Å². The van der Waals surface area contributed by atoms with Crippen molar-refractivity contribution in [3.05, 3.63) is 27.3 Å². The van der Waals surface area contributed by atoms with Crippen molar-refractivity contribution >= 4 is 44.6 Å². The second kappa shape index (κ2) is 8.26. The van der Waals surface area contributed by atoms with Crippen molar-refractivity contribution in [2.45, 2.75) is 25.7 Å². The zero-order chi connectivity index (χ0) is 17.7. The molecule has 2 N–H and O–H groups in total. The highest BCUT2D eigenvalue weighted by Crippen LogP contribution is 2.28. The number of hydrogen-bond donors (Lipinski definition) is 2. The quantitative estimate of drug-likeness (QED) is 0.287. The molecule has 0 spiro atoms. The molecule has 132 valence electrons. The van der Waals surface area contributed by atoms with Crippen LogP contribution in [0, 0.1) is 9.49 Å². The molecule has 2 rings (SSSR count). The Hall–Kier alpha value is -1.20. The molecule has 0 saturated heterocycles. The summed E-state index contributed by atoms with van der Waals surface area (Å²) in [7, 11) is -4.15. The summed E-state index contributed by atoms with van der Waals surface area (Å²) in [5.74, 6) is -1.48. The van der Waals surface area contributed by atoms with E-state index in [1.165, 1.54) is 6.07 Å². The highest BCUT2D eigenvalue weighted by Gasteiger charge is 2.26. The van der Waals surface area contributed by atoms with Crippen LogP contribution in [0.3, 0.4) is 0 Å². The van der Waals surface area contributed by atoms with E-state index in [2.05, 4.69) is 5.32 Å². The summed E-state index contributed by atoms with van der Waals surface area (Å²) >= 11 is 2.04. The molecule has 1 saturated carbocycles. The summed E-state index contributed by atoms with van der Waals surface area (Å²) in [6.07, 6.45) is 3.57. The van der Waals surface area contributed by atoms with Gasteiger partial charge in [0.1, 0.15) is 5.75 Å². The van der Waals surface area contributed by atoms with Crippen molar-refractivity contribution in [1.82, 2.24) is 5.32 Å². The van der Waals surface area contributed by atoms with Crippen molar-refractivity contribution in [3.8, 4) is 5.75 Å². The third kappa shape index (κ3) is 5.71. The van der Waals surface area contributed by atoms with Crippen LogP contribution in [0.15, 0.2) is 18.2 Å². The lowest BCUT2D eigenvalue weighted by Crippen LogP contribution is -2.29. The highest BCUT2D eigenvalue weighted by atomic mass is 127. The number of ether oxygens (including phenoxy) is 1. The van der Waals surface area contributed by atoms with Gasteiger partial charge in [-0.1, -0.05) is 12.8 Å². The highest BCUT2D eigenvalue weighted by molar-refractivity contribution is 14.1. The largest absolute Gasteiger partial charge is 0.425 e. The molecule has 1 amide bonds. The zero-order valence-corrected chi connectivity index (χ0v) is 15.8. The molecule has 0 aliphatic heterocycles. The molecule has 1 aromatic carbocycles. The van der Waals surface area contributed by atoms with Crippen LogP contribution in [0.4, 0.5) is 0 Å². The van der Waals surface area contributed by atoms with Gasteiger partial charge in [-0.15, -0.1) is 0 Å². The average Bonchev–Trinajstić information content (AvgIpc) is 3.00. The van der Waals surface area contributed by atoms with Gasteiger partial charge in [-0.2, -0.15) is 8.42 Å². The number of nitrogens with one attached hydrogen (secondary N) is 1. The Bertz CT molecular complexity index is 727. The van der Waals surface area contributed by atoms with E-state index in [9.17, 15) is 18.0 Å². The van der Waals surface area contributed by atoms with E-state index in [1.54, 1.807) is 12.1 Å². The molecule has 1 fully saturated rings. The van der Waals surface area contributed by atoms with E-state index in [0.717, 1.165) is 29.3 Å². The normalized spacial score (nSPS) is 15.2. The standard InChI is InChI=1S/C15H18INO6S/c16-11-5-6-12(14(18)17-7-8-24(20,21)22)13(9-11)23-15(19)10-3-1-2-4-10/h5-6,9-10H,1-4,7-8H2,(H,17,18)(H,20,21,22). The van der Waals surface area contributed by atoms with Gasteiger partial charge in [0.2, 0.25) is 0 Å². The van der Waals surface area contributed by atoms with Gasteiger partial charge >= 0.3 is 5.97 Å². The van der Waals surface area contributed by atoms with Crippen LogP contribution >= 0.6 is 22.6 Å². The topological polar surface area (TPSA) is 110 Å². The molecule has 0 bridgehead atoms. The predicted molar refractivity (Wildman–Crippen MR) is 95.5 cm³/mol. The lowest BCUT2D eigenvalue weighted by molar-refractivity contribution is -0.138. The SMILES string of the molecule is O=C(NCCS(=O)(=O)O)c1ccc(I)cc1OC(=O)C1CCCC1. The second-order valence-corrected chi connectivity index (χ2v) is 8.40. The molecular formula is C15H18INO6S. The van der Waals surface area contributed by atoms with Gasteiger partial charge < -0.3 is 10.1 Å². The minimum Gasteiger partial charge on any atom is -0.425 e. The van der Waals surface area contributed by atoms with Crippen molar-refractivity contribution in [1.29, 1.82) is 0 Å². The fourth-order valence-electron chi connectivity index (χ4n) is 2.51. The molecule has 1 aliphatic carbocycles. The summed E-state index contributed by atoms with van der Waals surface area (Å²) in [6.45, 7) is -0.236. The summed E-state index contributed by atoms with van der Waals surface area (Å²) in [6, 6.07) is 4.79. The third-order valence-corrected chi connectivity index (χ3v) is 5.12. The monoisotopic (exact) mass is 467 g/mol. The van der Waals surface area contributed by atoms with Crippen LogP contribution in [0.5, 0.6) is 5.75 Å². The van der Waals surface area contributed by atoms with Crippen LogP contribution in [0.25, 0.3) is 0 Å². The van der Waals surface area contributed by atoms with Crippen LogP contribution in [-0.4, -0.2) is 37.1 Å². The molecule has 0 radical (unpaired) electrons. The number of amides is 1. The van der Waals surface area contributed by atoms with Crippen LogP contribution in [0.2, 0.25) is 0 Å². The van der Waals surface area contributed by atoms with Gasteiger partial charge in [-0.3, -0.25) is 14.1 Å². The Morgan fingerprint density at radius 3 is 2.58 bits per heavy atom. The maximum atomic E-state index is 12.2.